The van der Waals surface area contributed by atoms with Crippen molar-refractivity contribution in [1.82, 2.24) is 0 Å². The van der Waals surface area contributed by atoms with Crippen LogP contribution in [-0.4, -0.2) is 12.3 Å². The maximum absolute atomic E-state index is 10.7. The zero-order valence-electron chi connectivity index (χ0n) is 4.89. The van der Waals surface area contributed by atoms with Crippen LogP contribution in [-0.2, 0) is 4.79 Å². The predicted octanol–water partition coefficient (Wildman–Crippen LogP) is 0.314. The van der Waals surface area contributed by atoms with E-state index >= 15 is 0 Å². The van der Waals surface area contributed by atoms with E-state index in [-0.39, 0.29) is 5.92 Å². The molecule has 2 N–H and O–H groups in total. The lowest BCUT2D eigenvalue weighted by Crippen LogP contribution is -2.17. The number of hydrogen-bond acceptors (Lipinski definition) is 2. The molecule has 1 aliphatic rings. The van der Waals surface area contributed by atoms with Gasteiger partial charge in [0.05, 0.1) is 0 Å². The van der Waals surface area contributed by atoms with E-state index in [0.29, 0.717) is 12.3 Å². The highest BCUT2D eigenvalue weighted by molar-refractivity contribution is 5.82. The molecule has 0 radical (unpaired) electrons. The normalized spacial score (nSPS) is 29.1. The Hall–Kier alpha value is -0.370. The van der Waals surface area contributed by atoms with Gasteiger partial charge in [-0.2, -0.15) is 0 Å². The Labute approximate surface area is 49.1 Å². The van der Waals surface area contributed by atoms with Crippen LogP contribution < -0.4 is 5.73 Å². The molecule has 1 saturated carbocycles. The van der Waals surface area contributed by atoms with Gasteiger partial charge in [0.25, 0.3) is 0 Å². The summed E-state index contributed by atoms with van der Waals surface area (Å²) in [5.41, 5.74) is 5.30. The van der Waals surface area contributed by atoms with Gasteiger partial charge in [0.2, 0.25) is 0 Å². The molecule has 0 heterocycles. The molecule has 0 amide bonds. The minimum Gasteiger partial charge on any atom is -0.330 e. The highest BCUT2D eigenvalue weighted by Gasteiger charge is 2.21. The van der Waals surface area contributed by atoms with Crippen molar-refractivity contribution in [3.63, 3.8) is 0 Å². The average Bonchev–Trinajstić information content (AvgIpc) is 2.14. The van der Waals surface area contributed by atoms with Gasteiger partial charge in [0.15, 0.2) is 0 Å². The molecule has 0 aromatic heterocycles. The van der Waals surface area contributed by atoms with Crippen molar-refractivity contribution in [1.29, 1.82) is 0 Å². The molecule has 1 atom stereocenters. The summed E-state index contributed by atoms with van der Waals surface area (Å²) in [4.78, 5) is 10.7. The molecule has 0 spiro atoms. The second-order valence-electron chi connectivity index (χ2n) is 2.29. The third-order valence-corrected chi connectivity index (χ3v) is 1.72. The molecule has 0 unspecified atom stereocenters. The summed E-state index contributed by atoms with van der Waals surface area (Å²) >= 11 is 0. The number of nitrogens with two attached hydrogens (primary N) is 1. The molecular weight excluding hydrogens is 102 g/mol. The second kappa shape index (κ2) is 2.27. The Bertz CT molecular complexity index is 101. The van der Waals surface area contributed by atoms with Crippen LogP contribution in [0, 0.1) is 5.92 Å². The largest absolute Gasteiger partial charge is 0.330 e. The van der Waals surface area contributed by atoms with Crippen molar-refractivity contribution >= 4 is 5.78 Å². The smallest absolute Gasteiger partial charge is 0.137 e. The minimum atomic E-state index is 0.204. The van der Waals surface area contributed by atoms with Crippen LogP contribution in [0.3, 0.4) is 0 Å². The van der Waals surface area contributed by atoms with Gasteiger partial charge in [-0.25, -0.2) is 0 Å². The van der Waals surface area contributed by atoms with Crippen molar-refractivity contribution < 1.29 is 4.79 Å². The standard InChI is InChI=1S/C6H11NO/c7-4-5-2-1-3-6(5)8/h5H,1-4,7H2/t5-/m1/s1. The highest BCUT2D eigenvalue weighted by atomic mass is 16.1. The zero-order valence-corrected chi connectivity index (χ0v) is 4.89. The Morgan fingerprint density at radius 2 is 2.50 bits per heavy atom. The van der Waals surface area contributed by atoms with Crippen molar-refractivity contribution in [2.75, 3.05) is 6.54 Å². The SMILES string of the molecule is NC[C@H]1CCCC1=O. The Morgan fingerprint density at radius 3 is 2.75 bits per heavy atom. The summed E-state index contributed by atoms with van der Waals surface area (Å²) < 4.78 is 0. The molecule has 0 saturated heterocycles. The zero-order chi connectivity index (χ0) is 5.98. The minimum absolute atomic E-state index is 0.204. The molecule has 46 valence electrons. The van der Waals surface area contributed by atoms with Crippen molar-refractivity contribution in [3.8, 4) is 0 Å². The van der Waals surface area contributed by atoms with Crippen molar-refractivity contribution in [3.05, 3.63) is 0 Å². The first-order valence-corrected chi connectivity index (χ1v) is 3.07. The highest BCUT2D eigenvalue weighted by Crippen LogP contribution is 2.19. The van der Waals surface area contributed by atoms with E-state index in [2.05, 4.69) is 0 Å². The monoisotopic (exact) mass is 113 g/mol. The maximum Gasteiger partial charge on any atom is 0.137 e. The number of carbonyl (C=O) groups is 1. The summed E-state index contributed by atoms with van der Waals surface area (Å²) in [7, 11) is 0. The van der Waals surface area contributed by atoms with Gasteiger partial charge in [-0.3, -0.25) is 4.79 Å². The molecule has 1 rings (SSSR count). The third-order valence-electron chi connectivity index (χ3n) is 1.72. The summed E-state index contributed by atoms with van der Waals surface area (Å²) in [6, 6.07) is 0. The van der Waals surface area contributed by atoms with E-state index in [1.54, 1.807) is 0 Å². The molecule has 0 aromatic carbocycles. The molecule has 2 nitrogen and oxygen atoms in total. The predicted molar refractivity (Wildman–Crippen MR) is 31.4 cm³/mol. The van der Waals surface area contributed by atoms with Gasteiger partial charge >= 0.3 is 0 Å². The summed E-state index contributed by atoms with van der Waals surface area (Å²) in [6.07, 6.45) is 2.85. The summed E-state index contributed by atoms with van der Waals surface area (Å²) in [5.74, 6) is 0.572. The maximum atomic E-state index is 10.7. The van der Waals surface area contributed by atoms with E-state index in [0.717, 1.165) is 19.3 Å². The molecule has 0 aromatic rings. The Balaban J connectivity index is 2.42. The lowest BCUT2D eigenvalue weighted by molar-refractivity contribution is -0.120. The molecule has 2 heteroatoms. The van der Waals surface area contributed by atoms with Gasteiger partial charge in [0, 0.05) is 18.9 Å². The van der Waals surface area contributed by atoms with Crippen LogP contribution in [0.5, 0.6) is 0 Å². The van der Waals surface area contributed by atoms with Crippen LogP contribution in [0.1, 0.15) is 19.3 Å². The molecule has 8 heavy (non-hydrogen) atoms. The molecule has 1 fully saturated rings. The number of Topliss-reactive ketones (excluding diaryl/α,β-unsaturated/α-hetero) is 1. The van der Waals surface area contributed by atoms with E-state index in [9.17, 15) is 4.79 Å². The third kappa shape index (κ3) is 0.892. The number of hydrogen-bond donors (Lipinski definition) is 1. The first-order valence-electron chi connectivity index (χ1n) is 3.07. The van der Waals surface area contributed by atoms with Gasteiger partial charge in [-0.1, -0.05) is 0 Å². The fraction of sp³-hybridized carbons (Fsp3) is 0.833. The molecule has 0 bridgehead atoms. The van der Waals surface area contributed by atoms with Crippen molar-refractivity contribution in [2.24, 2.45) is 11.7 Å². The van der Waals surface area contributed by atoms with Crippen LogP contribution in [0.15, 0.2) is 0 Å². The van der Waals surface area contributed by atoms with E-state index in [1.807, 2.05) is 0 Å². The van der Waals surface area contributed by atoms with Gasteiger partial charge in [-0.15, -0.1) is 0 Å². The lowest BCUT2D eigenvalue weighted by Gasteiger charge is -1.99. The Kier molecular flexibility index (Phi) is 1.63. The van der Waals surface area contributed by atoms with Crippen LogP contribution in [0.25, 0.3) is 0 Å². The second-order valence-corrected chi connectivity index (χ2v) is 2.29. The summed E-state index contributed by atoms with van der Waals surface area (Å²) in [5, 5.41) is 0. The fourth-order valence-corrected chi connectivity index (χ4v) is 1.14. The number of rotatable bonds is 1. The summed E-state index contributed by atoms with van der Waals surface area (Å²) in [6.45, 7) is 0.554. The molecule has 0 aliphatic heterocycles. The first kappa shape index (κ1) is 5.76. The average molecular weight is 113 g/mol. The van der Waals surface area contributed by atoms with Crippen LogP contribution >= 0.6 is 0 Å². The quantitative estimate of drug-likeness (QED) is 0.532. The van der Waals surface area contributed by atoms with E-state index < -0.39 is 0 Å². The van der Waals surface area contributed by atoms with Crippen LogP contribution in [0.2, 0.25) is 0 Å². The fourth-order valence-electron chi connectivity index (χ4n) is 1.14. The number of ketones is 1. The van der Waals surface area contributed by atoms with Crippen molar-refractivity contribution in [2.45, 2.75) is 19.3 Å². The van der Waals surface area contributed by atoms with E-state index in [1.165, 1.54) is 0 Å². The molecule has 1 aliphatic carbocycles. The number of carbonyl (C=O) groups excluding carboxylic acids is 1. The molecular formula is C6H11NO. The first-order chi connectivity index (χ1) is 3.84. The van der Waals surface area contributed by atoms with Crippen LogP contribution in [0.4, 0.5) is 0 Å². The van der Waals surface area contributed by atoms with Gasteiger partial charge < -0.3 is 5.73 Å². The van der Waals surface area contributed by atoms with E-state index in [4.69, 9.17) is 5.73 Å². The topological polar surface area (TPSA) is 43.1 Å². The van der Waals surface area contributed by atoms with Gasteiger partial charge in [0.1, 0.15) is 5.78 Å². The van der Waals surface area contributed by atoms with Gasteiger partial charge in [-0.05, 0) is 12.8 Å². The Morgan fingerprint density at radius 1 is 1.75 bits per heavy atom. The lowest BCUT2D eigenvalue weighted by atomic mass is 10.1.